The molecule has 0 spiro atoms. The molecule has 1 aliphatic heterocycles. The van der Waals surface area contributed by atoms with Gasteiger partial charge in [-0.05, 0) is 43.9 Å². The third-order valence-corrected chi connectivity index (χ3v) is 6.71. The van der Waals surface area contributed by atoms with Gasteiger partial charge in [0.2, 0.25) is 0 Å². The number of aliphatic hydroxyl groups is 1. The van der Waals surface area contributed by atoms with Crippen LogP contribution in [0.3, 0.4) is 0 Å². The molecule has 4 nitrogen and oxygen atoms in total. The van der Waals surface area contributed by atoms with Gasteiger partial charge in [-0.3, -0.25) is 9.69 Å². The molecular weight excluding hydrogens is 286 g/mol. The molecule has 0 aromatic carbocycles. The second kappa shape index (κ2) is 5.14. The highest BCUT2D eigenvalue weighted by Gasteiger charge is 2.59. The number of nitrogens with zero attached hydrogens (tertiary/aromatic N) is 1. The van der Waals surface area contributed by atoms with Crippen molar-refractivity contribution in [3.05, 3.63) is 0 Å². The zero-order chi connectivity index (χ0) is 14.5. The minimum Gasteiger partial charge on any atom is -0.458 e. The molecule has 0 radical (unpaired) electrons. The Bertz CT molecular complexity index is 421. The lowest BCUT2D eigenvalue weighted by molar-refractivity contribution is -0.220. The Kier molecular flexibility index (Phi) is 3.51. The summed E-state index contributed by atoms with van der Waals surface area (Å²) < 4.78 is 5.97. The molecule has 5 aliphatic rings. The van der Waals surface area contributed by atoms with E-state index in [-0.39, 0.29) is 11.6 Å². The molecule has 118 valence electrons. The number of carbonyl (C=O) groups excluding carboxylic acids is 1. The van der Waals surface area contributed by atoms with Crippen molar-refractivity contribution in [2.45, 2.75) is 49.7 Å². The summed E-state index contributed by atoms with van der Waals surface area (Å²) in [6, 6.07) is 0. The van der Waals surface area contributed by atoms with E-state index in [9.17, 15) is 9.90 Å². The minimum atomic E-state index is -0.549. The van der Waals surface area contributed by atoms with Gasteiger partial charge in [-0.15, -0.1) is 0 Å². The fraction of sp³-hybridized carbons (Fsp3) is 0.938. The minimum absolute atomic E-state index is 0.0764. The van der Waals surface area contributed by atoms with Gasteiger partial charge in [0.05, 0.1) is 12.1 Å². The number of hydrogen-bond acceptors (Lipinski definition) is 5. The highest BCUT2D eigenvalue weighted by atomic mass is 32.2. The fourth-order valence-corrected chi connectivity index (χ4v) is 6.44. The maximum absolute atomic E-state index is 12.3. The maximum Gasteiger partial charge on any atom is 0.320 e. The van der Waals surface area contributed by atoms with Crippen LogP contribution < -0.4 is 0 Å². The largest absolute Gasteiger partial charge is 0.458 e. The van der Waals surface area contributed by atoms with Gasteiger partial charge in [-0.1, -0.05) is 0 Å². The van der Waals surface area contributed by atoms with Gasteiger partial charge in [0.1, 0.15) is 5.60 Å². The van der Waals surface area contributed by atoms with Gasteiger partial charge in [-0.2, -0.15) is 11.8 Å². The second-order valence-electron chi connectivity index (χ2n) is 7.73. The number of carbonyl (C=O) groups is 1. The topological polar surface area (TPSA) is 49.8 Å². The van der Waals surface area contributed by atoms with Crippen LogP contribution in [0.5, 0.6) is 0 Å². The summed E-state index contributed by atoms with van der Waals surface area (Å²) >= 11 is 1.95. The van der Waals surface area contributed by atoms with E-state index in [0.717, 1.165) is 50.3 Å². The summed E-state index contributed by atoms with van der Waals surface area (Å²) in [6.07, 6.45) is 5.71. The molecule has 4 bridgehead atoms. The average molecular weight is 311 g/mol. The number of esters is 1. The molecule has 2 atom stereocenters. The van der Waals surface area contributed by atoms with E-state index in [1.165, 1.54) is 6.42 Å². The molecule has 5 heteroatoms. The summed E-state index contributed by atoms with van der Waals surface area (Å²) in [4.78, 5) is 14.6. The molecule has 4 saturated carbocycles. The third-order valence-electron chi connectivity index (χ3n) is 5.76. The second-order valence-corrected chi connectivity index (χ2v) is 8.96. The summed E-state index contributed by atoms with van der Waals surface area (Å²) in [5.74, 6) is 3.28. The van der Waals surface area contributed by atoms with Crippen LogP contribution in [0.2, 0.25) is 0 Å². The molecule has 0 amide bonds. The van der Waals surface area contributed by atoms with Crippen molar-refractivity contribution in [3.8, 4) is 0 Å². The lowest BCUT2D eigenvalue weighted by Crippen LogP contribution is -2.60. The van der Waals surface area contributed by atoms with Gasteiger partial charge in [0.25, 0.3) is 0 Å². The van der Waals surface area contributed by atoms with Crippen LogP contribution in [0.1, 0.15) is 38.5 Å². The van der Waals surface area contributed by atoms with Crippen LogP contribution >= 0.6 is 11.8 Å². The smallest absolute Gasteiger partial charge is 0.320 e. The molecule has 2 unspecified atom stereocenters. The van der Waals surface area contributed by atoms with E-state index < -0.39 is 5.60 Å². The van der Waals surface area contributed by atoms with E-state index in [1.54, 1.807) is 0 Å². The third kappa shape index (κ3) is 2.84. The summed E-state index contributed by atoms with van der Waals surface area (Å²) in [7, 11) is 0. The molecular formula is C16H25NO3S. The Morgan fingerprint density at radius 1 is 1.19 bits per heavy atom. The van der Waals surface area contributed by atoms with Crippen LogP contribution in [0, 0.1) is 11.8 Å². The molecule has 1 saturated heterocycles. The van der Waals surface area contributed by atoms with Crippen LogP contribution in [0.25, 0.3) is 0 Å². The van der Waals surface area contributed by atoms with E-state index in [2.05, 4.69) is 4.90 Å². The number of rotatable bonds is 3. The molecule has 0 aromatic heterocycles. The lowest BCUT2D eigenvalue weighted by atomic mass is 9.52. The highest BCUT2D eigenvalue weighted by Crippen LogP contribution is 2.58. The van der Waals surface area contributed by atoms with Gasteiger partial charge >= 0.3 is 5.97 Å². The Morgan fingerprint density at radius 3 is 2.48 bits per heavy atom. The van der Waals surface area contributed by atoms with Crippen molar-refractivity contribution in [1.82, 2.24) is 4.90 Å². The number of ether oxygens (including phenoxy) is 1. The number of hydrogen-bond donors (Lipinski definition) is 1. The van der Waals surface area contributed by atoms with Crippen LogP contribution in [-0.2, 0) is 9.53 Å². The van der Waals surface area contributed by atoms with E-state index >= 15 is 0 Å². The Hall–Kier alpha value is -0.260. The van der Waals surface area contributed by atoms with Gasteiger partial charge < -0.3 is 9.84 Å². The van der Waals surface area contributed by atoms with E-state index in [0.29, 0.717) is 24.8 Å². The first-order chi connectivity index (χ1) is 10.0. The summed E-state index contributed by atoms with van der Waals surface area (Å²) in [5.41, 5.74) is -0.896. The Morgan fingerprint density at radius 2 is 1.86 bits per heavy atom. The molecule has 21 heavy (non-hydrogen) atoms. The quantitative estimate of drug-likeness (QED) is 0.803. The fourth-order valence-electron chi connectivity index (χ4n) is 5.47. The van der Waals surface area contributed by atoms with Crippen LogP contribution in [0.4, 0.5) is 0 Å². The number of thioether (sulfide) groups is 1. The monoisotopic (exact) mass is 311 g/mol. The molecule has 1 heterocycles. The maximum atomic E-state index is 12.3. The lowest BCUT2D eigenvalue weighted by Gasteiger charge is -2.59. The summed E-state index contributed by atoms with van der Waals surface area (Å²) in [6.45, 7) is 2.40. The Balaban J connectivity index is 1.40. The van der Waals surface area contributed by atoms with Crippen molar-refractivity contribution >= 4 is 17.7 Å². The first-order valence-corrected chi connectivity index (χ1v) is 9.44. The SMILES string of the molecule is O=C(CN1CCSCC1)OC12CC3CC(CC(O)(C3)C1)C2. The molecule has 4 aliphatic carbocycles. The molecule has 1 N–H and O–H groups in total. The molecule has 0 aromatic rings. The first-order valence-electron chi connectivity index (χ1n) is 8.29. The average Bonchev–Trinajstić information content (AvgIpc) is 2.35. The predicted molar refractivity (Wildman–Crippen MR) is 82.2 cm³/mol. The zero-order valence-electron chi connectivity index (χ0n) is 12.6. The van der Waals surface area contributed by atoms with Crippen molar-refractivity contribution in [2.75, 3.05) is 31.1 Å². The van der Waals surface area contributed by atoms with Crippen molar-refractivity contribution in [2.24, 2.45) is 11.8 Å². The van der Waals surface area contributed by atoms with Crippen molar-refractivity contribution in [1.29, 1.82) is 0 Å². The first kappa shape index (κ1) is 14.3. The van der Waals surface area contributed by atoms with Crippen molar-refractivity contribution in [3.63, 3.8) is 0 Å². The zero-order valence-corrected chi connectivity index (χ0v) is 13.4. The van der Waals surface area contributed by atoms with E-state index in [4.69, 9.17) is 4.74 Å². The molecule has 5 fully saturated rings. The predicted octanol–water partition coefficient (Wildman–Crippen LogP) is 1.66. The standard InChI is InChI=1S/C16H25NO3S/c18-14(10-17-1-3-21-4-2-17)20-16-8-12-5-13(9-16)7-15(19,6-12)11-16/h12-13,19H,1-11H2. The van der Waals surface area contributed by atoms with Gasteiger partial charge in [0, 0.05) is 31.0 Å². The Labute approximate surface area is 130 Å². The molecule has 5 rings (SSSR count). The van der Waals surface area contributed by atoms with Gasteiger partial charge in [0.15, 0.2) is 0 Å². The van der Waals surface area contributed by atoms with Crippen LogP contribution in [0.15, 0.2) is 0 Å². The van der Waals surface area contributed by atoms with Crippen LogP contribution in [-0.4, -0.2) is 58.3 Å². The van der Waals surface area contributed by atoms with Crippen molar-refractivity contribution < 1.29 is 14.6 Å². The highest BCUT2D eigenvalue weighted by molar-refractivity contribution is 7.99. The van der Waals surface area contributed by atoms with E-state index in [1.807, 2.05) is 11.8 Å². The normalized spacial score (nSPS) is 45.8. The van der Waals surface area contributed by atoms with Gasteiger partial charge in [-0.25, -0.2) is 0 Å². The summed E-state index contributed by atoms with van der Waals surface area (Å²) in [5, 5.41) is 10.7.